The quantitative estimate of drug-likeness (QED) is 0.639. The summed E-state index contributed by atoms with van der Waals surface area (Å²) in [4.78, 5) is 12.3. The maximum Gasteiger partial charge on any atom is 0.257 e. The lowest BCUT2D eigenvalue weighted by molar-refractivity contribution is 0.102. The van der Waals surface area contributed by atoms with Gasteiger partial charge in [-0.05, 0) is 70.8 Å². The lowest BCUT2D eigenvalue weighted by Crippen LogP contribution is -2.12. The van der Waals surface area contributed by atoms with Gasteiger partial charge in [0.05, 0.1) is 10.6 Å². The molecule has 110 valence electrons. The van der Waals surface area contributed by atoms with Gasteiger partial charge < -0.3 is 5.32 Å². The lowest BCUT2D eigenvalue weighted by Gasteiger charge is -2.11. The number of rotatable bonds is 4. The maximum atomic E-state index is 12.3. The van der Waals surface area contributed by atoms with E-state index < -0.39 is 0 Å². The second kappa shape index (κ2) is 7.27. The summed E-state index contributed by atoms with van der Waals surface area (Å²) >= 11 is 8.24. The summed E-state index contributed by atoms with van der Waals surface area (Å²) in [5, 5.41) is 3.35. The Bertz CT molecular complexity index is 640. The molecule has 0 aliphatic heterocycles. The average molecular weight is 414 g/mol. The van der Waals surface area contributed by atoms with Crippen LogP contribution in [0.5, 0.6) is 0 Å². The molecule has 0 saturated heterocycles. The molecule has 0 heterocycles. The highest BCUT2D eigenvalue weighted by Crippen LogP contribution is 2.23. The van der Waals surface area contributed by atoms with Crippen molar-refractivity contribution in [1.82, 2.24) is 0 Å². The minimum Gasteiger partial charge on any atom is -0.322 e. The van der Waals surface area contributed by atoms with E-state index in [4.69, 9.17) is 11.6 Å². The first-order chi connectivity index (χ1) is 10.0. The minimum atomic E-state index is -0.185. The first-order valence-electron chi connectivity index (χ1n) is 6.87. The van der Waals surface area contributed by atoms with Gasteiger partial charge in [0.1, 0.15) is 0 Å². The molecule has 0 bridgehead atoms. The monoisotopic (exact) mass is 413 g/mol. The van der Waals surface area contributed by atoms with Gasteiger partial charge in [-0.1, -0.05) is 37.6 Å². The van der Waals surface area contributed by atoms with E-state index in [1.807, 2.05) is 18.2 Å². The third-order valence-corrected chi connectivity index (χ3v) is 4.52. The summed E-state index contributed by atoms with van der Waals surface area (Å²) in [5.74, 6) is 0.342. The van der Waals surface area contributed by atoms with Crippen molar-refractivity contribution >= 4 is 45.8 Å². The fraction of sp³-hybridized carbons (Fsp3) is 0.235. The van der Waals surface area contributed by atoms with E-state index in [9.17, 15) is 4.79 Å². The molecule has 2 aromatic carbocycles. The summed E-state index contributed by atoms with van der Waals surface area (Å²) in [6.45, 7) is 4.36. The van der Waals surface area contributed by atoms with Gasteiger partial charge in [-0.3, -0.25) is 4.79 Å². The molecule has 2 rings (SSSR count). The molecular weight excluding hydrogens is 397 g/mol. The normalized spacial score (nSPS) is 12.0. The SMILES string of the molecule is CCC(C)c1ccc(NC(=O)c2cc(I)ccc2Cl)cc1. The number of hydrogen-bond acceptors (Lipinski definition) is 1. The van der Waals surface area contributed by atoms with Crippen LogP contribution in [0.4, 0.5) is 5.69 Å². The van der Waals surface area contributed by atoms with Crippen LogP contribution in [0, 0.1) is 3.57 Å². The molecule has 2 aromatic rings. The van der Waals surface area contributed by atoms with Gasteiger partial charge in [-0.2, -0.15) is 0 Å². The van der Waals surface area contributed by atoms with Crippen LogP contribution in [0.2, 0.25) is 5.02 Å². The van der Waals surface area contributed by atoms with Crippen LogP contribution in [-0.2, 0) is 0 Å². The molecule has 2 nitrogen and oxygen atoms in total. The largest absolute Gasteiger partial charge is 0.322 e. The number of benzene rings is 2. The highest BCUT2D eigenvalue weighted by atomic mass is 127. The van der Waals surface area contributed by atoms with Crippen LogP contribution in [0.1, 0.15) is 42.1 Å². The van der Waals surface area contributed by atoms with Crippen molar-refractivity contribution in [1.29, 1.82) is 0 Å². The van der Waals surface area contributed by atoms with E-state index in [1.54, 1.807) is 12.1 Å². The standard InChI is InChI=1S/C17H17ClINO/c1-3-11(2)12-4-7-14(8-5-12)20-17(21)15-10-13(19)6-9-16(15)18/h4-11H,3H2,1-2H3,(H,20,21). The molecule has 1 N–H and O–H groups in total. The molecule has 0 aliphatic rings. The molecule has 0 radical (unpaired) electrons. The highest BCUT2D eigenvalue weighted by Gasteiger charge is 2.11. The number of nitrogens with one attached hydrogen (secondary N) is 1. The minimum absolute atomic E-state index is 0.185. The molecule has 0 fully saturated rings. The van der Waals surface area contributed by atoms with Crippen molar-refractivity contribution in [2.24, 2.45) is 0 Å². The third-order valence-electron chi connectivity index (χ3n) is 3.52. The summed E-state index contributed by atoms with van der Waals surface area (Å²) in [7, 11) is 0. The van der Waals surface area contributed by atoms with Crippen molar-refractivity contribution in [3.8, 4) is 0 Å². The molecular formula is C17H17ClINO. The smallest absolute Gasteiger partial charge is 0.257 e. The fourth-order valence-corrected chi connectivity index (χ4v) is 2.70. The zero-order valence-corrected chi connectivity index (χ0v) is 14.9. The van der Waals surface area contributed by atoms with Crippen LogP contribution in [0.25, 0.3) is 0 Å². The Hall–Kier alpha value is -1.07. The number of anilines is 1. The number of amides is 1. The second-order valence-electron chi connectivity index (χ2n) is 5.01. The number of carbonyl (C=O) groups excluding carboxylic acids is 1. The zero-order valence-electron chi connectivity index (χ0n) is 12.0. The summed E-state index contributed by atoms with van der Waals surface area (Å²) < 4.78 is 0.981. The Balaban J connectivity index is 2.14. The van der Waals surface area contributed by atoms with Crippen molar-refractivity contribution in [3.63, 3.8) is 0 Å². The lowest BCUT2D eigenvalue weighted by atomic mass is 9.98. The molecule has 1 amide bonds. The summed E-state index contributed by atoms with van der Waals surface area (Å²) in [6, 6.07) is 13.4. The van der Waals surface area contributed by atoms with Crippen LogP contribution < -0.4 is 5.32 Å². The molecule has 0 aromatic heterocycles. The van der Waals surface area contributed by atoms with Gasteiger partial charge in [0.25, 0.3) is 5.91 Å². The van der Waals surface area contributed by atoms with Gasteiger partial charge in [0.15, 0.2) is 0 Å². The molecule has 21 heavy (non-hydrogen) atoms. The number of hydrogen-bond donors (Lipinski definition) is 1. The molecule has 0 aliphatic carbocycles. The van der Waals surface area contributed by atoms with Crippen LogP contribution >= 0.6 is 34.2 Å². The van der Waals surface area contributed by atoms with Crippen molar-refractivity contribution in [2.75, 3.05) is 5.32 Å². The van der Waals surface area contributed by atoms with Gasteiger partial charge >= 0.3 is 0 Å². The molecule has 4 heteroatoms. The Morgan fingerprint density at radius 3 is 2.52 bits per heavy atom. The van der Waals surface area contributed by atoms with Gasteiger partial charge in [0, 0.05) is 9.26 Å². The van der Waals surface area contributed by atoms with E-state index in [-0.39, 0.29) is 5.91 Å². The Morgan fingerprint density at radius 2 is 1.90 bits per heavy atom. The number of halogens is 2. The zero-order chi connectivity index (χ0) is 15.4. The van der Waals surface area contributed by atoms with Gasteiger partial charge in [-0.25, -0.2) is 0 Å². The number of carbonyl (C=O) groups is 1. The van der Waals surface area contributed by atoms with Crippen LogP contribution in [0.3, 0.4) is 0 Å². The molecule has 0 spiro atoms. The predicted octanol–water partition coefficient (Wildman–Crippen LogP) is 5.71. The van der Waals surface area contributed by atoms with Gasteiger partial charge in [0.2, 0.25) is 0 Å². The van der Waals surface area contributed by atoms with E-state index in [0.717, 1.165) is 15.7 Å². The Morgan fingerprint density at radius 1 is 1.24 bits per heavy atom. The van der Waals surface area contributed by atoms with E-state index in [1.165, 1.54) is 5.56 Å². The van der Waals surface area contributed by atoms with Gasteiger partial charge in [-0.15, -0.1) is 0 Å². The second-order valence-corrected chi connectivity index (χ2v) is 6.66. The first kappa shape index (κ1) is 16.3. The molecule has 0 saturated carbocycles. The first-order valence-corrected chi connectivity index (χ1v) is 8.33. The predicted molar refractivity (Wildman–Crippen MR) is 97.3 cm³/mol. The van der Waals surface area contributed by atoms with E-state index >= 15 is 0 Å². The fourth-order valence-electron chi connectivity index (χ4n) is 2.00. The third kappa shape index (κ3) is 4.20. The van der Waals surface area contributed by atoms with E-state index in [0.29, 0.717) is 16.5 Å². The molecule has 1 atom stereocenters. The summed E-state index contributed by atoms with van der Waals surface area (Å²) in [6.07, 6.45) is 1.10. The van der Waals surface area contributed by atoms with Crippen LogP contribution in [-0.4, -0.2) is 5.91 Å². The van der Waals surface area contributed by atoms with Crippen molar-refractivity contribution < 1.29 is 4.79 Å². The van der Waals surface area contributed by atoms with Crippen molar-refractivity contribution in [3.05, 3.63) is 62.2 Å². The Labute approximate surface area is 144 Å². The maximum absolute atomic E-state index is 12.3. The highest BCUT2D eigenvalue weighted by molar-refractivity contribution is 14.1. The molecule has 1 unspecified atom stereocenters. The average Bonchev–Trinajstić information content (AvgIpc) is 2.49. The van der Waals surface area contributed by atoms with Crippen LogP contribution in [0.15, 0.2) is 42.5 Å². The van der Waals surface area contributed by atoms with E-state index in [2.05, 4.69) is 53.9 Å². The Kier molecular flexibility index (Phi) is 5.65. The topological polar surface area (TPSA) is 29.1 Å². The summed E-state index contributed by atoms with van der Waals surface area (Å²) in [5.41, 5.74) is 2.55. The van der Waals surface area contributed by atoms with Crippen molar-refractivity contribution in [2.45, 2.75) is 26.2 Å².